The van der Waals surface area contributed by atoms with Crippen LogP contribution >= 0.6 is 0 Å². The molecule has 1 fully saturated rings. The van der Waals surface area contributed by atoms with Crippen molar-refractivity contribution >= 4 is 15.9 Å². The molecule has 7 heteroatoms. The van der Waals surface area contributed by atoms with E-state index >= 15 is 0 Å². The standard InChI is InChI=1S/C14H19FN2O3S/c1-11(12-6-3-4-7-13(12)15)16(2)14(18)10-17-8-5-9-21(17,19)20/h3-4,6-7,11H,5,8-10H2,1-2H3. The maximum atomic E-state index is 13.7. The minimum Gasteiger partial charge on any atom is -0.338 e. The first-order valence-corrected chi connectivity index (χ1v) is 8.42. The number of halogens is 1. The lowest BCUT2D eigenvalue weighted by atomic mass is 10.1. The van der Waals surface area contributed by atoms with Gasteiger partial charge in [-0.25, -0.2) is 12.8 Å². The first-order chi connectivity index (χ1) is 9.83. The smallest absolute Gasteiger partial charge is 0.238 e. The van der Waals surface area contributed by atoms with Crippen molar-refractivity contribution in [2.75, 3.05) is 25.9 Å². The second kappa shape index (κ2) is 6.11. The Bertz CT molecular complexity index is 633. The van der Waals surface area contributed by atoms with E-state index in [-0.39, 0.29) is 24.0 Å². The summed E-state index contributed by atoms with van der Waals surface area (Å²) in [6.45, 7) is 1.91. The van der Waals surface area contributed by atoms with E-state index in [9.17, 15) is 17.6 Å². The average molecular weight is 314 g/mol. The second-order valence-electron chi connectivity index (χ2n) is 5.21. The summed E-state index contributed by atoms with van der Waals surface area (Å²) in [6.07, 6.45) is 0.544. The van der Waals surface area contributed by atoms with Gasteiger partial charge in [-0.05, 0) is 19.4 Å². The highest BCUT2D eigenvalue weighted by Gasteiger charge is 2.31. The van der Waals surface area contributed by atoms with Crippen LogP contribution in [0.1, 0.15) is 24.9 Å². The second-order valence-corrected chi connectivity index (χ2v) is 7.29. The van der Waals surface area contributed by atoms with Crippen molar-refractivity contribution in [1.82, 2.24) is 9.21 Å². The van der Waals surface area contributed by atoms with Gasteiger partial charge in [-0.3, -0.25) is 4.79 Å². The molecule has 1 unspecified atom stereocenters. The molecule has 1 aromatic rings. The maximum Gasteiger partial charge on any atom is 0.238 e. The molecule has 1 atom stereocenters. The van der Waals surface area contributed by atoms with Gasteiger partial charge in [0.1, 0.15) is 5.82 Å². The first-order valence-electron chi connectivity index (χ1n) is 6.81. The van der Waals surface area contributed by atoms with Crippen molar-refractivity contribution in [2.45, 2.75) is 19.4 Å². The number of benzene rings is 1. The van der Waals surface area contributed by atoms with Gasteiger partial charge in [-0.2, -0.15) is 4.31 Å². The molecule has 1 aliphatic heterocycles. The van der Waals surface area contributed by atoms with E-state index in [2.05, 4.69) is 0 Å². The largest absolute Gasteiger partial charge is 0.338 e. The molecule has 2 rings (SSSR count). The van der Waals surface area contributed by atoms with E-state index in [4.69, 9.17) is 0 Å². The zero-order valence-corrected chi connectivity index (χ0v) is 12.9. The molecule has 0 N–H and O–H groups in total. The normalized spacial score (nSPS) is 19.4. The molecule has 1 aromatic carbocycles. The van der Waals surface area contributed by atoms with E-state index < -0.39 is 16.1 Å². The zero-order valence-electron chi connectivity index (χ0n) is 12.1. The molecule has 5 nitrogen and oxygen atoms in total. The van der Waals surface area contributed by atoms with Crippen molar-refractivity contribution in [3.05, 3.63) is 35.6 Å². The average Bonchev–Trinajstić information content (AvgIpc) is 2.77. The lowest BCUT2D eigenvalue weighted by Crippen LogP contribution is -2.40. The Morgan fingerprint density at radius 3 is 2.67 bits per heavy atom. The number of hydrogen-bond acceptors (Lipinski definition) is 3. The van der Waals surface area contributed by atoms with Crippen LogP contribution in [0.5, 0.6) is 0 Å². The molecule has 1 aliphatic rings. The van der Waals surface area contributed by atoms with Crippen LogP contribution in [-0.2, 0) is 14.8 Å². The van der Waals surface area contributed by atoms with Crippen molar-refractivity contribution < 1.29 is 17.6 Å². The molecule has 1 saturated heterocycles. The number of likely N-dealkylation sites (N-methyl/N-ethyl adjacent to an activating group) is 1. The van der Waals surface area contributed by atoms with Gasteiger partial charge < -0.3 is 4.90 Å². The molecule has 1 amide bonds. The number of rotatable bonds is 4. The Hall–Kier alpha value is -1.47. The van der Waals surface area contributed by atoms with Crippen LogP contribution in [0.3, 0.4) is 0 Å². The van der Waals surface area contributed by atoms with Crippen LogP contribution in [0.4, 0.5) is 4.39 Å². The Morgan fingerprint density at radius 2 is 2.10 bits per heavy atom. The lowest BCUT2D eigenvalue weighted by molar-refractivity contribution is -0.132. The number of amides is 1. The summed E-state index contributed by atoms with van der Waals surface area (Å²) < 4.78 is 38.4. The van der Waals surface area contributed by atoms with Crippen molar-refractivity contribution in [1.29, 1.82) is 0 Å². The van der Waals surface area contributed by atoms with E-state index in [1.54, 1.807) is 32.2 Å². The van der Waals surface area contributed by atoms with Gasteiger partial charge in [0.15, 0.2) is 0 Å². The molecule has 0 bridgehead atoms. The summed E-state index contributed by atoms with van der Waals surface area (Å²) in [4.78, 5) is 13.6. The van der Waals surface area contributed by atoms with Gasteiger partial charge in [0.05, 0.1) is 18.3 Å². The van der Waals surface area contributed by atoms with E-state index in [1.165, 1.54) is 15.3 Å². The number of carbonyl (C=O) groups excluding carboxylic acids is 1. The first kappa shape index (κ1) is 15.9. The lowest BCUT2D eigenvalue weighted by Gasteiger charge is -2.27. The topological polar surface area (TPSA) is 57.7 Å². The maximum absolute atomic E-state index is 13.7. The Kier molecular flexibility index (Phi) is 4.63. The Balaban J connectivity index is 2.07. The Labute approximate surface area is 124 Å². The third-order valence-electron chi connectivity index (χ3n) is 3.84. The van der Waals surface area contributed by atoms with Crippen LogP contribution in [0.2, 0.25) is 0 Å². The highest BCUT2D eigenvalue weighted by Crippen LogP contribution is 2.22. The Morgan fingerprint density at radius 1 is 1.43 bits per heavy atom. The molecule has 0 radical (unpaired) electrons. The fraction of sp³-hybridized carbons (Fsp3) is 0.500. The molecule has 0 saturated carbocycles. The van der Waals surface area contributed by atoms with Crippen LogP contribution in [0.25, 0.3) is 0 Å². The van der Waals surface area contributed by atoms with Crippen LogP contribution in [-0.4, -0.2) is 49.4 Å². The van der Waals surface area contributed by atoms with E-state index in [1.807, 2.05) is 0 Å². The highest BCUT2D eigenvalue weighted by molar-refractivity contribution is 7.89. The summed E-state index contributed by atoms with van der Waals surface area (Å²) >= 11 is 0. The molecular weight excluding hydrogens is 295 g/mol. The number of hydrogen-bond donors (Lipinski definition) is 0. The molecule has 0 spiro atoms. The SMILES string of the molecule is CC(c1ccccc1F)N(C)C(=O)CN1CCCS1(=O)=O. The molecule has 0 aliphatic carbocycles. The van der Waals surface area contributed by atoms with Crippen LogP contribution in [0.15, 0.2) is 24.3 Å². The molecule has 0 aromatic heterocycles. The van der Waals surface area contributed by atoms with Crippen molar-refractivity contribution in [3.8, 4) is 0 Å². The number of nitrogens with zero attached hydrogens (tertiary/aromatic N) is 2. The summed E-state index contributed by atoms with van der Waals surface area (Å²) in [6, 6.07) is 5.80. The molecule has 21 heavy (non-hydrogen) atoms. The third kappa shape index (κ3) is 3.41. The minimum atomic E-state index is -3.30. The van der Waals surface area contributed by atoms with E-state index in [0.29, 0.717) is 18.5 Å². The minimum absolute atomic E-state index is 0.0901. The van der Waals surface area contributed by atoms with Gasteiger partial charge >= 0.3 is 0 Å². The quantitative estimate of drug-likeness (QED) is 0.843. The van der Waals surface area contributed by atoms with Gasteiger partial charge in [0.25, 0.3) is 0 Å². The summed E-state index contributed by atoms with van der Waals surface area (Å²) in [5.74, 6) is -0.623. The van der Waals surface area contributed by atoms with Gasteiger partial charge in [-0.1, -0.05) is 18.2 Å². The summed E-state index contributed by atoms with van der Waals surface area (Å²) in [5, 5.41) is 0. The number of carbonyl (C=O) groups is 1. The van der Waals surface area contributed by atoms with E-state index in [0.717, 1.165) is 0 Å². The van der Waals surface area contributed by atoms with Crippen LogP contribution in [0, 0.1) is 5.82 Å². The van der Waals surface area contributed by atoms with Gasteiger partial charge in [0.2, 0.25) is 15.9 Å². The van der Waals surface area contributed by atoms with Gasteiger partial charge in [-0.15, -0.1) is 0 Å². The zero-order chi connectivity index (χ0) is 15.6. The monoisotopic (exact) mass is 314 g/mol. The third-order valence-corrected chi connectivity index (χ3v) is 5.75. The number of sulfonamides is 1. The molecule has 1 heterocycles. The van der Waals surface area contributed by atoms with Crippen molar-refractivity contribution in [2.24, 2.45) is 0 Å². The van der Waals surface area contributed by atoms with Crippen molar-refractivity contribution in [3.63, 3.8) is 0 Å². The predicted octanol–water partition coefficient (Wildman–Crippen LogP) is 1.38. The molecule has 116 valence electrons. The molecular formula is C14H19FN2O3S. The summed E-state index contributed by atoms with van der Waals surface area (Å²) in [5.41, 5.74) is 0.414. The van der Waals surface area contributed by atoms with Crippen LogP contribution < -0.4 is 0 Å². The van der Waals surface area contributed by atoms with Gasteiger partial charge in [0, 0.05) is 19.2 Å². The predicted molar refractivity (Wildman–Crippen MR) is 77.6 cm³/mol. The fourth-order valence-electron chi connectivity index (χ4n) is 2.37. The fourth-order valence-corrected chi connectivity index (χ4v) is 3.84. The highest BCUT2D eigenvalue weighted by atomic mass is 32.2. The summed E-state index contributed by atoms with van der Waals surface area (Å²) in [7, 11) is -1.74.